The first-order valence-electron chi connectivity index (χ1n) is 11.3. The molecule has 2 aromatic rings. The lowest BCUT2D eigenvalue weighted by molar-refractivity contribution is 0.313. The van der Waals surface area contributed by atoms with Crippen molar-refractivity contribution >= 4 is 5.82 Å². The zero-order valence-electron chi connectivity index (χ0n) is 18.5. The summed E-state index contributed by atoms with van der Waals surface area (Å²) in [7, 11) is 2.01. The van der Waals surface area contributed by atoms with Crippen LogP contribution in [0.3, 0.4) is 0 Å². The Bertz CT molecular complexity index is 808. The van der Waals surface area contributed by atoms with Crippen LogP contribution >= 0.6 is 0 Å². The second kappa shape index (κ2) is 11.7. The molecule has 3 rings (SSSR count). The van der Waals surface area contributed by atoms with E-state index in [-0.39, 0.29) is 0 Å². The van der Waals surface area contributed by atoms with E-state index in [0.717, 1.165) is 55.3 Å². The number of anilines is 1. The number of pyridine rings is 1. The van der Waals surface area contributed by atoms with Gasteiger partial charge >= 0.3 is 0 Å². The maximum absolute atomic E-state index is 5.76. The van der Waals surface area contributed by atoms with E-state index in [4.69, 9.17) is 5.73 Å². The average molecular weight is 409 g/mol. The molecule has 0 amide bonds. The van der Waals surface area contributed by atoms with Gasteiger partial charge in [0.05, 0.1) is 12.2 Å². The van der Waals surface area contributed by atoms with Gasteiger partial charge in [-0.1, -0.05) is 18.8 Å². The van der Waals surface area contributed by atoms with Gasteiger partial charge < -0.3 is 16.0 Å². The summed E-state index contributed by atoms with van der Waals surface area (Å²) in [6.45, 7) is 5.78. The van der Waals surface area contributed by atoms with Gasteiger partial charge in [0.2, 0.25) is 0 Å². The molecule has 1 aliphatic rings. The number of aromatic nitrogens is 3. The number of rotatable bonds is 9. The Morgan fingerprint density at radius 3 is 2.70 bits per heavy atom. The third-order valence-corrected chi connectivity index (χ3v) is 6.00. The van der Waals surface area contributed by atoms with Gasteiger partial charge in [0.1, 0.15) is 5.82 Å². The number of nitrogens with two attached hydrogens (primary N) is 1. The number of nitrogens with one attached hydrogen (secondary N) is 1. The molecule has 0 aliphatic carbocycles. The van der Waals surface area contributed by atoms with Gasteiger partial charge in [-0.25, -0.2) is 4.98 Å². The monoisotopic (exact) mass is 408 g/mol. The second-order valence-corrected chi connectivity index (χ2v) is 8.15. The van der Waals surface area contributed by atoms with Crippen LogP contribution < -0.4 is 16.0 Å². The molecule has 0 radical (unpaired) electrons. The number of hydrogen-bond donors (Lipinski definition) is 2. The quantitative estimate of drug-likeness (QED) is 0.623. The van der Waals surface area contributed by atoms with Crippen LogP contribution in [0.25, 0.3) is 0 Å². The summed E-state index contributed by atoms with van der Waals surface area (Å²) >= 11 is 0. The summed E-state index contributed by atoms with van der Waals surface area (Å²) < 4.78 is 2.13. The van der Waals surface area contributed by atoms with Gasteiger partial charge in [-0.15, -0.1) is 0 Å². The van der Waals surface area contributed by atoms with Crippen LogP contribution in [-0.4, -0.2) is 41.4 Å². The molecule has 1 unspecified atom stereocenters. The zero-order valence-corrected chi connectivity index (χ0v) is 18.5. The predicted molar refractivity (Wildman–Crippen MR) is 123 cm³/mol. The molecule has 3 N–H and O–H groups in total. The Balaban J connectivity index is 1.49. The van der Waals surface area contributed by atoms with E-state index < -0.39 is 0 Å². The van der Waals surface area contributed by atoms with Crippen molar-refractivity contribution < 1.29 is 0 Å². The Morgan fingerprint density at radius 1 is 1.23 bits per heavy atom. The minimum Gasteiger partial charge on any atom is -0.357 e. The highest BCUT2D eigenvalue weighted by Crippen LogP contribution is 2.28. The van der Waals surface area contributed by atoms with Crippen molar-refractivity contribution in [2.24, 2.45) is 11.7 Å². The van der Waals surface area contributed by atoms with E-state index in [2.05, 4.69) is 62.1 Å². The lowest BCUT2D eigenvalue weighted by Gasteiger charge is -2.33. The number of piperidine rings is 1. The van der Waals surface area contributed by atoms with Crippen molar-refractivity contribution in [3.63, 3.8) is 0 Å². The molecule has 0 bridgehead atoms. The summed E-state index contributed by atoms with van der Waals surface area (Å²) in [6, 6.07) is 4.64. The van der Waals surface area contributed by atoms with E-state index in [9.17, 15) is 0 Å². The van der Waals surface area contributed by atoms with Crippen LogP contribution in [0.4, 0.5) is 5.82 Å². The first-order valence-corrected chi connectivity index (χ1v) is 11.3. The van der Waals surface area contributed by atoms with Crippen LogP contribution in [0.2, 0.25) is 0 Å². The van der Waals surface area contributed by atoms with Gasteiger partial charge in [-0.2, -0.15) is 5.10 Å². The summed E-state index contributed by atoms with van der Waals surface area (Å²) in [5.74, 6) is 8.10. The maximum Gasteiger partial charge on any atom is 0.128 e. The fourth-order valence-electron chi connectivity index (χ4n) is 4.12. The Hall–Kier alpha value is -2.36. The van der Waals surface area contributed by atoms with E-state index in [1.807, 2.05) is 19.4 Å². The van der Waals surface area contributed by atoms with Gasteiger partial charge in [0.15, 0.2) is 0 Å². The molecule has 0 saturated carbocycles. The summed E-state index contributed by atoms with van der Waals surface area (Å²) in [5, 5.41) is 7.84. The molecular weight excluding hydrogens is 372 g/mol. The van der Waals surface area contributed by atoms with Crippen LogP contribution in [0.1, 0.15) is 62.6 Å². The van der Waals surface area contributed by atoms with E-state index in [0.29, 0.717) is 12.6 Å². The molecule has 2 aromatic heterocycles. The minimum atomic E-state index is 0.439. The highest BCUT2D eigenvalue weighted by molar-refractivity contribution is 5.43. The molecule has 1 atom stereocenters. The largest absolute Gasteiger partial charge is 0.357 e. The van der Waals surface area contributed by atoms with E-state index in [1.54, 1.807) is 0 Å². The van der Waals surface area contributed by atoms with Gasteiger partial charge in [-0.3, -0.25) is 4.68 Å². The van der Waals surface area contributed by atoms with Crippen LogP contribution in [0.5, 0.6) is 0 Å². The maximum atomic E-state index is 5.76. The molecular formula is C24H36N6. The van der Waals surface area contributed by atoms with Crippen LogP contribution in [0.15, 0.2) is 30.7 Å². The molecule has 1 fully saturated rings. The normalized spacial score (nSPS) is 15.6. The first-order chi connectivity index (χ1) is 14.7. The molecule has 6 nitrogen and oxygen atoms in total. The fraction of sp³-hybridized carbons (Fsp3) is 0.583. The third kappa shape index (κ3) is 6.32. The van der Waals surface area contributed by atoms with Crippen LogP contribution in [-0.2, 0) is 6.54 Å². The van der Waals surface area contributed by atoms with E-state index >= 15 is 0 Å². The molecule has 6 heteroatoms. The zero-order chi connectivity index (χ0) is 21.2. The average Bonchev–Trinajstić information content (AvgIpc) is 3.28. The van der Waals surface area contributed by atoms with Crippen molar-refractivity contribution in [2.45, 2.75) is 58.0 Å². The molecule has 162 valence electrons. The molecule has 30 heavy (non-hydrogen) atoms. The highest BCUT2D eigenvalue weighted by Gasteiger charge is 2.22. The third-order valence-electron chi connectivity index (χ3n) is 6.00. The number of nitrogens with zero attached hydrogens (tertiary/aromatic N) is 4. The number of hydrogen-bond acceptors (Lipinski definition) is 5. The molecule has 0 spiro atoms. The SMILES string of the molecule is CCC#Cc1ccc(N2CCC(CCC(CCNC)n3cc(CN)cn3)CC2)nc1. The van der Waals surface area contributed by atoms with Gasteiger partial charge in [0.25, 0.3) is 0 Å². The molecule has 1 aliphatic heterocycles. The lowest BCUT2D eigenvalue weighted by atomic mass is 9.90. The lowest BCUT2D eigenvalue weighted by Crippen LogP contribution is -2.34. The molecule has 0 aromatic carbocycles. The summed E-state index contributed by atoms with van der Waals surface area (Å²) in [5.41, 5.74) is 7.87. The summed E-state index contributed by atoms with van der Waals surface area (Å²) in [4.78, 5) is 7.04. The second-order valence-electron chi connectivity index (χ2n) is 8.15. The van der Waals surface area contributed by atoms with Crippen molar-refractivity contribution in [1.82, 2.24) is 20.1 Å². The first kappa shape index (κ1) is 22.3. The Labute approximate surface area is 181 Å². The van der Waals surface area contributed by atoms with Gasteiger partial charge in [0, 0.05) is 49.6 Å². The van der Waals surface area contributed by atoms with Crippen molar-refractivity contribution in [2.75, 3.05) is 31.6 Å². The highest BCUT2D eigenvalue weighted by atomic mass is 15.3. The smallest absolute Gasteiger partial charge is 0.128 e. The standard InChI is InChI=1S/C24H36N6/c1-3-4-5-21-7-9-24(27-17-21)29-14-11-20(12-15-29)6-8-23(10-13-26-2)30-19-22(16-25)18-28-30/h7,9,17-20,23,26H,3,6,8,10-16,25H2,1-2H3. The topological polar surface area (TPSA) is 72.0 Å². The van der Waals surface area contributed by atoms with Crippen molar-refractivity contribution in [1.29, 1.82) is 0 Å². The predicted octanol–water partition coefficient (Wildman–Crippen LogP) is 3.35. The Kier molecular flexibility index (Phi) is 8.73. The molecule has 3 heterocycles. The minimum absolute atomic E-state index is 0.439. The molecule has 1 saturated heterocycles. The Morgan fingerprint density at radius 2 is 2.07 bits per heavy atom. The van der Waals surface area contributed by atoms with E-state index in [1.165, 1.54) is 25.7 Å². The summed E-state index contributed by atoms with van der Waals surface area (Å²) in [6.07, 6.45) is 12.8. The fourth-order valence-corrected chi connectivity index (χ4v) is 4.12. The van der Waals surface area contributed by atoms with Crippen molar-refractivity contribution in [3.8, 4) is 11.8 Å². The van der Waals surface area contributed by atoms with Gasteiger partial charge in [-0.05, 0) is 63.7 Å². The van der Waals surface area contributed by atoms with Crippen molar-refractivity contribution in [3.05, 3.63) is 41.9 Å². The van der Waals surface area contributed by atoms with Crippen LogP contribution in [0, 0.1) is 17.8 Å².